The molecule has 150 valence electrons. The number of hydrogen-bond acceptors (Lipinski definition) is 5. The van der Waals surface area contributed by atoms with E-state index < -0.39 is 5.91 Å². The van der Waals surface area contributed by atoms with Crippen LogP contribution in [0, 0.1) is 12.7 Å². The number of nitrogens with one attached hydrogen (secondary N) is 1. The van der Waals surface area contributed by atoms with E-state index in [4.69, 9.17) is 5.73 Å². The number of benzene rings is 2. The maximum Gasteiger partial charge on any atom is 0.237 e. The summed E-state index contributed by atoms with van der Waals surface area (Å²) in [6.45, 7) is 2.16. The zero-order valence-corrected chi connectivity index (χ0v) is 16.6. The summed E-state index contributed by atoms with van der Waals surface area (Å²) in [6.07, 6.45) is 0. The summed E-state index contributed by atoms with van der Waals surface area (Å²) in [5.41, 5.74) is 8.03. The van der Waals surface area contributed by atoms with Gasteiger partial charge < -0.3 is 11.1 Å². The van der Waals surface area contributed by atoms with Crippen LogP contribution in [0.5, 0.6) is 0 Å². The summed E-state index contributed by atoms with van der Waals surface area (Å²) in [6, 6.07) is 13.6. The third kappa shape index (κ3) is 5.64. The molecule has 0 aliphatic carbocycles. The van der Waals surface area contributed by atoms with Crippen molar-refractivity contribution in [3.05, 3.63) is 65.5 Å². The minimum absolute atomic E-state index is 0.0875. The van der Waals surface area contributed by atoms with Gasteiger partial charge >= 0.3 is 0 Å². The first kappa shape index (κ1) is 20.5. The summed E-state index contributed by atoms with van der Waals surface area (Å²) in [4.78, 5) is 23.7. The number of aryl methyl sites for hydroxylation is 1. The molecule has 0 aliphatic rings. The van der Waals surface area contributed by atoms with Crippen LogP contribution in [0.4, 0.5) is 4.39 Å². The number of carbonyl (C=O) groups excluding carboxylic acids is 2. The molecule has 2 aromatic carbocycles. The molecule has 0 unspecified atom stereocenters. The van der Waals surface area contributed by atoms with E-state index in [1.165, 1.54) is 12.1 Å². The van der Waals surface area contributed by atoms with Gasteiger partial charge in [-0.3, -0.25) is 14.2 Å². The monoisotopic (exact) mass is 413 g/mol. The molecule has 3 N–H and O–H groups in total. The minimum Gasteiger partial charge on any atom is -0.368 e. The second-order valence-corrected chi connectivity index (χ2v) is 7.36. The Kier molecular flexibility index (Phi) is 6.61. The lowest BCUT2D eigenvalue weighted by molar-refractivity contribution is -0.119. The molecule has 3 rings (SSSR count). The Balaban J connectivity index is 1.67. The van der Waals surface area contributed by atoms with Crippen molar-refractivity contribution >= 4 is 23.6 Å². The summed E-state index contributed by atoms with van der Waals surface area (Å²) in [5.74, 6) is -0.465. The van der Waals surface area contributed by atoms with Gasteiger partial charge in [-0.15, -0.1) is 10.2 Å². The van der Waals surface area contributed by atoms with E-state index in [2.05, 4.69) is 15.5 Å². The molecule has 1 heterocycles. The molecule has 0 fully saturated rings. The van der Waals surface area contributed by atoms with Gasteiger partial charge in [-0.25, -0.2) is 4.39 Å². The van der Waals surface area contributed by atoms with Gasteiger partial charge in [0.15, 0.2) is 11.0 Å². The molecular weight excluding hydrogens is 393 g/mol. The van der Waals surface area contributed by atoms with Gasteiger partial charge in [0.05, 0.1) is 5.75 Å². The number of aromatic nitrogens is 3. The summed E-state index contributed by atoms with van der Waals surface area (Å²) < 4.78 is 14.5. The molecular formula is C20H20FN5O2S. The maximum atomic E-state index is 12.9. The first-order chi connectivity index (χ1) is 13.9. The number of nitrogens with zero attached hydrogens (tertiary/aromatic N) is 3. The number of halogens is 1. The fourth-order valence-corrected chi connectivity index (χ4v) is 3.44. The Labute approximate surface area is 171 Å². The second kappa shape index (κ2) is 9.33. The van der Waals surface area contributed by atoms with Gasteiger partial charge in [0.25, 0.3) is 0 Å². The fraction of sp³-hybridized carbons (Fsp3) is 0.200. The van der Waals surface area contributed by atoms with Crippen LogP contribution in [0.25, 0.3) is 11.4 Å². The van der Waals surface area contributed by atoms with Crippen LogP contribution in [-0.4, -0.2) is 32.3 Å². The van der Waals surface area contributed by atoms with Crippen molar-refractivity contribution in [2.75, 3.05) is 5.75 Å². The van der Waals surface area contributed by atoms with Crippen LogP contribution in [-0.2, 0) is 22.7 Å². The lowest BCUT2D eigenvalue weighted by Crippen LogP contribution is -2.25. The van der Waals surface area contributed by atoms with Crippen molar-refractivity contribution in [2.24, 2.45) is 5.73 Å². The van der Waals surface area contributed by atoms with Crippen LogP contribution < -0.4 is 11.1 Å². The SMILES string of the molecule is Cc1cccc(-c2nnc(SCC(=O)NCc3ccc(F)cc3)n2CC(N)=O)c1. The minimum atomic E-state index is -0.527. The lowest BCUT2D eigenvalue weighted by Gasteiger charge is -2.09. The van der Waals surface area contributed by atoms with Gasteiger partial charge in [0.1, 0.15) is 12.4 Å². The van der Waals surface area contributed by atoms with Gasteiger partial charge in [-0.1, -0.05) is 47.7 Å². The van der Waals surface area contributed by atoms with Crippen molar-refractivity contribution in [1.82, 2.24) is 20.1 Å². The van der Waals surface area contributed by atoms with Crippen molar-refractivity contribution < 1.29 is 14.0 Å². The standard InChI is InChI=1S/C20H20FN5O2S/c1-13-3-2-4-15(9-13)19-24-25-20(26(19)11-17(22)27)29-12-18(28)23-10-14-5-7-16(21)8-6-14/h2-9H,10-12H2,1H3,(H2,22,27)(H,23,28). The van der Waals surface area contributed by atoms with Crippen LogP contribution in [0.2, 0.25) is 0 Å². The molecule has 2 amide bonds. The van der Waals surface area contributed by atoms with Crippen molar-refractivity contribution in [3.8, 4) is 11.4 Å². The van der Waals surface area contributed by atoms with E-state index in [-0.39, 0.29) is 24.0 Å². The third-order valence-electron chi connectivity index (χ3n) is 4.04. The third-order valence-corrected chi connectivity index (χ3v) is 5.01. The molecule has 9 heteroatoms. The van der Waals surface area contributed by atoms with Gasteiger partial charge in [-0.05, 0) is 30.7 Å². The molecule has 29 heavy (non-hydrogen) atoms. The Morgan fingerprint density at radius 2 is 1.93 bits per heavy atom. The number of rotatable bonds is 8. The van der Waals surface area contributed by atoms with Crippen LogP contribution >= 0.6 is 11.8 Å². The molecule has 0 saturated heterocycles. The second-order valence-electron chi connectivity index (χ2n) is 6.42. The van der Waals surface area contributed by atoms with Crippen LogP contribution in [0.3, 0.4) is 0 Å². The highest BCUT2D eigenvalue weighted by Gasteiger charge is 2.17. The maximum absolute atomic E-state index is 12.9. The summed E-state index contributed by atoms with van der Waals surface area (Å²) >= 11 is 1.16. The van der Waals surface area contributed by atoms with Gasteiger partial charge in [0.2, 0.25) is 11.8 Å². The van der Waals surface area contributed by atoms with Gasteiger partial charge in [-0.2, -0.15) is 0 Å². The predicted molar refractivity (Wildman–Crippen MR) is 108 cm³/mol. The number of thioether (sulfide) groups is 1. The molecule has 0 radical (unpaired) electrons. The average Bonchev–Trinajstić information content (AvgIpc) is 3.07. The highest BCUT2D eigenvalue weighted by molar-refractivity contribution is 7.99. The van der Waals surface area contributed by atoms with Crippen molar-refractivity contribution in [1.29, 1.82) is 0 Å². The number of primary amides is 1. The Morgan fingerprint density at radius 3 is 2.62 bits per heavy atom. The van der Waals surface area contributed by atoms with E-state index in [0.717, 1.165) is 28.5 Å². The highest BCUT2D eigenvalue weighted by Crippen LogP contribution is 2.24. The fourth-order valence-electron chi connectivity index (χ4n) is 2.68. The number of hydrogen-bond donors (Lipinski definition) is 2. The molecule has 3 aromatic rings. The van der Waals surface area contributed by atoms with Gasteiger partial charge in [0, 0.05) is 12.1 Å². The predicted octanol–water partition coefficient (Wildman–Crippen LogP) is 2.29. The molecule has 7 nitrogen and oxygen atoms in total. The normalized spacial score (nSPS) is 10.7. The van der Waals surface area contributed by atoms with E-state index >= 15 is 0 Å². The molecule has 0 atom stereocenters. The topological polar surface area (TPSA) is 103 Å². The van der Waals surface area contributed by atoms with Crippen molar-refractivity contribution in [2.45, 2.75) is 25.2 Å². The van der Waals surface area contributed by atoms with Crippen molar-refractivity contribution in [3.63, 3.8) is 0 Å². The zero-order chi connectivity index (χ0) is 20.8. The zero-order valence-electron chi connectivity index (χ0n) is 15.8. The molecule has 0 saturated carbocycles. The molecule has 0 spiro atoms. The molecule has 0 bridgehead atoms. The number of amides is 2. The van der Waals surface area contributed by atoms with Crippen LogP contribution in [0.1, 0.15) is 11.1 Å². The molecule has 0 aliphatic heterocycles. The van der Waals surface area contributed by atoms with E-state index in [0.29, 0.717) is 17.5 Å². The lowest BCUT2D eigenvalue weighted by atomic mass is 10.1. The van der Waals surface area contributed by atoms with E-state index in [1.807, 2.05) is 31.2 Å². The Morgan fingerprint density at radius 1 is 1.17 bits per heavy atom. The molecule has 1 aromatic heterocycles. The average molecular weight is 413 g/mol. The first-order valence-electron chi connectivity index (χ1n) is 8.85. The first-order valence-corrected chi connectivity index (χ1v) is 9.83. The largest absolute Gasteiger partial charge is 0.368 e. The highest BCUT2D eigenvalue weighted by atomic mass is 32.2. The smallest absolute Gasteiger partial charge is 0.237 e. The quantitative estimate of drug-likeness (QED) is 0.552. The Hall–Kier alpha value is -3.20. The Bertz CT molecular complexity index is 1020. The van der Waals surface area contributed by atoms with Crippen LogP contribution in [0.15, 0.2) is 53.7 Å². The van der Waals surface area contributed by atoms with E-state index in [1.54, 1.807) is 16.7 Å². The number of nitrogens with two attached hydrogens (primary N) is 1. The summed E-state index contributed by atoms with van der Waals surface area (Å²) in [7, 11) is 0. The number of carbonyl (C=O) groups is 2. The summed E-state index contributed by atoms with van der Waals surface area (Å²) in [5, 5.41) is 11.5. The van der Waals surface area contributed by atoms with E-state index in [9.17, 15) is 14.0 Å².